The second-order valence-electron chi connectivity index (χ2n) is 8.76. The molecule has 2 aromatic heterocycles. The predicted octanol–water partition coefficient (Wildman–Crippen LogP) is 4.19. The topological polar surface area (TPSA) is 81.3 Å². The number of thioether (sulfide) groups is 1. The molecule has 170 valence electrons. The molecule has 0 spiro atoms. The maximum atomic E-state index is 13.5. The molecule has 1 aliphatic rings. The highest BCUT2D eigenvalue weighted by molar-refractivity contribution is 7.99. The molecule has 0 radical (unpaired) electrons. The van der Waals surface area contributed by atoms with Crippen LogP contribution in [-0.4, -0.2) is 36.9 Å². The number of hydrogen-bond acceptors (Lipinski definition) is 5. The van der Waals surface area contributed by atoms with Crippen LogP contribution < -0.4 is 10.9 Å². The van der Waals surface area contributed by atoms with Gasteiger partial charge in [0.2, 0.25) is 11.7 Å². The van der Waals surface area contributed by atoms with Crippen LogP contribution in [0.4, 0.5) is 0 Å². The van der Waals surface area contributed by atoms with Crippen LogP contribution in [0.1, 0.15) is 43.2 Å². The Morgan fingerprint density at radius 3 is 2.70 bits per heavy atom. The number of carbonyl (C=O) groups excluding carboxylic acids is 1. The third kappa shape index (κ3) is 4.15. The van der Waals surface area contributed by atoms with Gasteiger partial charge < -0.3 is 5.32 Å². The Labute approximate surface area is 196 Å². The second-order valence-corrected chi connectivity index (χ2v) is 9.70. The van der Waals surface area contributed by atoms with Crippen molar-refractivity contribution >= 4 is 34.3 Å². The van der Waals surface area contributed by atoms with Gasteiger partial charge >= 0.3 is 0 Å². The number of nitrogens with zero attached hydrogens (tertiary/aromatic N) is 4. The molecule has 1 N–H and O–H groups in total. The SMILES string of the molecule is Cc1ccc(C)c(-n2c(=O)c3ccccc3n3c(SCC(=O)NC4CCCCC4)nnc23)c1. The summed E-state index contributed by atoms with van der Waals surface area (Å²) >= 11 is 1.35. The molecule has 0 aliphatic heterocycles. The molecule has 1 amide bonds. The number of nitrogens with one attached hydrogen (secondary N) is 1. The number of para-hydroxylation sites is 1. The van der Waals surface area contributed by atoms with Crippen molar-refractivity contribution < 1.29 is 4.79 Å². The number of benzene rings is 2. The first-order valence-corrected chi connectivity index (χ1v) is 12.4. The summed E-state index contributed by atoms with van der Waals surface area (Å²) in [6.45, 7) is 3.98. The highest BCUT2D eigenvalue weighted by Crippen LogP contribution is 2.25. The van der Waals surface area contributed by atoms with Gasteiger partial charge in [0.1, 0.15) is 0 Å². The number of hydrogen-bond donors (Lipinski definition) is 1. The van der Waals surface area contributed by atoms with E-state index >= 15 is 0 Å². The van der Waals surface area contributed by atoms with E-state index in [1.54, 1.807) is 4.57 Å². The molecular formula is C25H27N5O2S. The molecule has 2 aromatic carbocycles. The largest absolute Gasteiger partial charge is 0.353 e. The molecule has 0 atom stereocenters. The monoisotopic (exact) mass is 461 g/mol. The van der Waals surface area contributed by atoms with Crippen LogP contribution in [0.15, 0.2) is 52.4 Å². The Morgan fingerprint density at radius 1 is 1.09 bits per heavy atom. The number of aryl methyl sites for hydroxylation is 2. The summed E-state index contributed by atoms with van der Waals surface area (Å²) in [5, 5.41) is 13.1. The lowest BCUT2D eigenvalue weighted by Crippen LogP contribution is -2.37. The normalized spacial score (nSPS) is 14.7. The first-order valence-electron chi connectivity index (χ1n) is 11.4. The van der Waals surface area contributed by atoms with Gasteiger partial charge in [0.25, 0.3) is 5.56 Å². The van der Waals surface area contributed by atoms with E-state index in [0.29, 0.717) is 16.3 Å². The van der Waals surface area contributed by atoms with Gasteiger partial charge in [-0.1, -0.05) is 55.3 Å². The van der Waals surface area contributed by atoms with Crippen LogP contribution in [0.3, 0.4) is 0 Å². The first-order chi connectivity index (χ1) is 16.0. The van der Waals surface area contributed by atoms with E-state index in [4.69, 9.17) is 0 Å². The second kappa shape index (κ2) is 9.02. The quantitative estimate of drug-likeness (QED) is 0.451. The van der Waals surface area contributed by atoms with Crippen molar-refractivity contribution in [2.45, 2.75) is 57.1 Å². The van der Waals surface area contributed by atoms with E-state index < -0.39 is 0 Å². The molecule has 33 heavy (non-hydrogen) atoms. The van der Waals surface area contributed by atoms with Crippen LogP contribution >= 0.6 is 11.8 Å². The summed E-state index contributed by atoms with van der Waals surface area (Å²) in [6, 6.07) is 13.8. The zero-order valence-corrected chi connectivity index (χ0v) is 19.7. The maximum absolute atomic E-state index is 13.5. The van der Waals surface area contributed by atoms with E-state index in [1.807, 2.05) is 60.7 Å². The minimum Gasteiger partial charge on any atom is -0.353 e. The predicted molar refractivity (Wildman–Crippen MR) is 131 cm³/mol. The molecule has 1 fully saturated rings. The van der Waals surface area contributed by atoms with Crippen molar-refractivity contribution in [3.8, 4) is 5.69 Å². The Bertz CT molecular complexity index is 1400. The standard InChI is InChI=1S/C25H27N5O2S/c1-16-12-13-17(2)21(14-16)29-23(32)19-10-6-7-11-20(19)30-24(29)27-28-25(30)33-15-22(31)26-18-8-4-3-5-9-18/h6-7,10-14,18H,3-5,8-9,15H2,1-2H3,(H,26,31). The minimum absolute atomic E-state index is 0.0100. The fraction of sp³-hybridized carbons (Fsp3) is 0.360. The van der Waals surface area contributed by atoms with Crippen LogP contribution in [0, 0.1) is 13.8 Å². The van der Waals surface area contributed by atoms with E-state index in [1.165, 1.54) is 31.0 Å². The molecule has 0 unspecified atom stereocenters. The van der Waals surface area contributed by atoms with Crippen LogP contribution in [0.5, 0.6) is 0 Å². The molecule has 1 aliphatic carbocycles. The fourth-order valence-corrected chi connectivity index (χ4v) is 5.35. The van der Waals surface area contributed by atoms with Gasteiger partial charge in [0.05, 0.1) is 22.3 Å². The highest BCUT2D eigenvalue weighted by atomic mass is 32.2. The van der Waals surface area contributed by atoms with Gasteiger partial charge in [-0.15, -0.1) is 10.2 Å². The number of carbonyl (C=O) groups is 1. The van der Waals surface area contributed by atoms with Crippen molar-refractivity contribution in [3.63, 3.8) is 0 Å². The van der Waals surface area contributed by atoms with E-state index in [0.717, 1.165) is 35.2 Å². The molecule has 4 aromatic rings. The minimum atomic E-state index is -0.134. The van der Waals surface area contributed by atoms with Crippen molar-refractivity contribution in [1.29, 1.82) is 0 Å². The van der Waals surface area contributed by atoms with Gasteiger partial charge in [0, 0.05) is 6.04 Å². The average molecular weight is 462 g/mol. The van der Waals surface area contributed by atoms with E-state index in [2.05, 4.69) is 15.5 Å². The van der Waals surface area contributed by atoms with Crippen molar-refractivity contribution in [1.82, 2.24) is 24.5 Å². The third-order valence-electron chi connectivity index (χ3n) is 6.30. The molecule has 7 nitrogen and oxygen atoms in total. The molecule has 1 saturated carbocycles. The molecule has 2 heterocycles. The molecule has 5 rings (SSSR count). The summed E-state index contributed by atoms with van der Waals surface area (Å²) in [6.07, 6.45) is 5.71. The fourth-order valence-electron chi connectivity index (χ4n) is 4.60. The summed E-state index contributed by atoms with van der Waals surface area (Å²) in [5.74, 6) is 0.715. The maximum Gasteiger partial charge on any atom is 0.267 e. The molecule has 8 heteroatoms. The van der Waals surface area contributed by atoms with Crippen LogP contribution in [0.25, 0.3) is 22.4 Å². The van der Waals surface area contributed by atoms with Crippen molar-refractivity contribution in [2.24, 2.45) is 0 Å². The van der Waals surface area contributed by atoms with Crippen molar-refractivity contribution in [3.05, 3.63) is 63.9 Å². The van der Waals surface area contributed by atoms with Gasteiger partial charge in [-0.3, -0.25) is 14.0 Å². The van der Waals surface area contributed by atoms with Crippen LogP contribution in [-0.2, 0) is 4.79 Å². The molecular weight excluding hydrogens is 434 g/mol. The lowest BCUT2D eigenvalue weighted by atomic mass is 9.95. The van der Waals surface area contributed by atoms with Crippen molar-refractivity contribution in [2.75, 3.05) is 5.75 Å². The Morgan fingerprint density at radius 2 is 1.88 bits per heavy atom. The van der Waals surface area contributed by atoms with Crippen LogP contribution in [0.2, 0.25) is 0 Å². The molecule has 0 saturated heterocycles. The summed E-state index contributed by atoms with van der Waals surface area (Å²) in [4.78, 5) is 26.1. The smallest absolute Gasteiger partial charge is 0.267 e. The zero-order valence-electron chi connectivity index (χ0n) is 18.9. The zero-order chi connectivity index (χ0) is 22.9. The molecule has 0 bridgehead atoms. The number of fused-ring (bicyclic) bond motifs is 3. The van der Waals surface area contributed by atoms with Gasteiger partial charge in [-0.2, -0.15) is 0 Å². The van der Waals surface area contributed by atoms with Gasteiger partial charge in [0.15, 0.2) is 5.16 Å². The summed E-state index contributed by atoms with van der Waals surface area (Å²) < 4.78 is 3.51. The lowest BCUT2D eigenvalue weighted by molar-refractivity contribution is -0.119. The average Bonchev–Trinajstić information content (AvgIpc) is 3.24. The number of aromatic nitrogens is 4. The Hall–Kier alpha value is -3.13. The summed E-state index contributed by atoms with van der Waals surface area (Å²) in [5.41, 5.74) is 3.42. The summed E-state index contributed by atoms with van der Waals surface area (Å²) in [7, 11) is 0. The lowest BCUT2D eigenvalue weighted by Gasteiger charge is -2.22. The van der Waals surface area contributed by atoms with Gasteiger partial charge in [-0.25, -0.2) is 4.57 Å². The third-order valence-corrected chi connectivity index (χ3v) is 7.23. The highest BCUT2D eigenvalue weighted by Gasteiger charge is 2.20. The number of amides is 1. The van der Waals surface area contributed by atoms with E-state index in [-0.39, 0.29) is 23.3 Å². The Balaban J connectivity index is 1.56. The van der Waals surface area contributed by atoms with Gasteiger partial charge in [-0.05, 0) is 56.0 Å². The number of rotatable bonds is 5. The first kappa shape index (κ1) is 21.7. The Kier molecular flexibility index (Phi) is 5.93. The van der Waals surface area contributed by atoms with E-state index in [9.17, 15) is 9.59 Å².